The molecule has 0 bridgehead atoms. The van der Waals surface area contributed by atoms with Crippen LogP contribution in [0, 0.1) is 5.82 Å². The summed E-state index contributed by atoms with van der Waals surface area (Å²) in [4.78, 5) is 5.83. The second kappa shape index (κ2) is 6.21. The molecule has 0 aliphatic carbocycles. The monoisotopic (exact) mass is 356 g/mol. The summed E-state index contributed by atoms with van der Waals surface area (Å²) in [5, 5.41) is 15.2. The lowest BCUT2D eigenvalue weighted by Gasteiger charge is -2.26. The summed E-state index contributed by atoms with van der Waals surface area (Å²) < 4.78 is 15.8. The molecule has 0 saturated heterocycles. The van der Waals surface area contributed by atoms with Crippen molar-refractivity contribution < 1.29 is 9.50 Å². The van der Waals surface area contributed by atoms with E-state index >= 15 is 0 Å². The molecule has 0 amide bonds. The van der Waals surface area contributed by atoms with Gasteiger partial charge in [-0.25, -0.2) is 4.39 Å². The van der Waals surface area contributed by atoms with Crippen molar-refractivity contribution in [3.63, 3.8) is 0 Å². The van der Waals surface area contributed by atoms with E-state index in [0.29, 0.717) is 22.3 Å². The van der Waals surface area contributed by atoms with Crippen LogP contribution in [0.3, 0.4) is 0 Å². The molecular weight excluding hydrogens is 339 g/mol. The summed E-state index contributed by atoms with van der Waals surface area (Å²) in [5.41, 5.74) is -0.428. The number of halogens is 2. The lowest BCUT2D eigenvalue weighted by Crippen LogP contribution is -2.30. The highest BCUT2D eigenvalue weighted by molar-refractivity contribution is 9.10. The van der Waals surface area contributed by atoms with Gasteiger partial charge in [-0.1, -0.05) is 0 Å². The predicted octanol–water partition coefficient (Wildman–Crippen LogP) is 2.00. The molecule has 0 fully saturated rings. The van der Waals surface area contributed by atoms with Gasteiger partial charge in [0, 0.05) is 18.3 Å². The number of likely N-dealkylation sites (N-methyl/N-ethyl adjacent to an activating group) is 1. The van der Waals surface area contributed by atoms with E-state index < -0.39 is 11.4 Å². The second-order valence-corrected chi connectivity index (χ2v) is 6.19. The van der Waals surface area contributed by atoms with E-state index in [-0.39, 0.29) is 0 Å². The number of hydrogen-bond acceptors (Lipinski definition) is 4. The van der Waals surface area contributed by atoms with Crippen LogP contribution < -0.4 is 0 Å². The minimum absolute atomic E-state index is 0.384. The predicted molar refractivity (Wildman–Crippen MR) is 81.3 cm³/mol. The van der Waals surface area contributed by atoms with E-state index in [9.17, 15) is 9.50 Å². The molecule has 5 nitrogen and oxygen atoms in total. The first-order valence-electron chi connectivity index (χ1n) is 6.52. The molecule has 0 aromatic carbocycles. The minimum Gasteiger partial charge on any atom is -0.379 e. The Morgan fingerprint density at radius 1 is 1.38 bits per heavy atom. The third-order valence-corrected chi connectivity index (χ3v) is 3.86. The third-order valence-electron chi connectivity index (χ3n) is 3.28. The van der Waals surface area contributed by atoms with Crippen LogP contribution in [0.25, 0.3) is 0 Å². The molecule has 21 heavy (non-hydrogen) atoms. The SMILES string of the molecule is CN(C)CCn1ncc(Br)c1C(C)(O)c1cncc(F)c1. The maximum atomic E-state index is 13.4. The van der Waals surface area contributed by atoms with Gasteiger partial charge < -0.3 is 10.0 Å². The zero-order chi connectivity index (χ0) is 15.6. The summed E-state index contributed by atoms with van der Waals surface area (Å²) in [6, 6.07) is 1.28. The molecule has 0 spiro atoms. The first-order valence-corrected chi connectivity index (χ1v) is 7.31. The third kappa shape index (κ3) is 3.48. The standard InChI is InChI=1S/C14H18BrFN4O/c1-14(21,10-6-11(16)8-17-7-10)13-12(15)9-18-20(13)5-4-19(2)3/h6-9,21H,4-5H2,1-3H3. The van der Waals surface area contributed by atoms with Crippen molar-refractivity contribution in [2.24, 2.45) is 0 Å². The minimum atomic E-state index is -1.39. The van der Waals surface area contributed by atoms with Crippen molar-refractivity contribution in [1.82, 2.24) is 19.7 Å². The molecule has 0 radical (unpaired) electrons. The van der Waals surface area contributed by atoms with Gasteiger partial charge in [-0.15, -0.1) is 0 Å². The quantitative estimate of drug-likeness (QED) is 0.890. The maximum absolute atomic E-state index is 13.4. The molecule has 7 heteroatoms. The largest absolute Gasteiger partial charge is 0.379 e. The van der Waals surface area contributed by atoms with Gasteiger partial charge in [0.05, 0.1) is 29.1 Å². The van der Waals surface area contributed by atoms with Crippen LogP contribution in [0.2, 0.25) is 0 Å². The summed E-state index contributed by atoms with van der Waals surface area (Å²) in [6.45, 7) is 3.00. The lowest BCUT2D eigenvalue weighted by atomic mass is 9.94. The van der Waals surface area contributed by atoms with Crippen LogP contribution in [-0.2, 0) is 12.1 Å². The van der Waals surface area contributed by atoms with Crippen molar-refractivity contribution in [3.8, 4) is 0 Å². The smallest absolute Gasteiger partial charge is 0.141 e. The Balaban J connectivity index is 2.42. The van der Waals surface area contributed by atoms with Crippen LogP contribution in [-0.4, -0.2) is 45.4 Å². The Kier molecular flexibility index (Phi) is 4.75. The average molecular weight is 357 g/mol. The molecule has 1 unspecified atom stereocenters. The Hall–Kier alpha value is -1.31. The number of pyridine rings is 1. The first kappa shape index (κ1) is 16.1. The van der Waals surface area contributed by atoms with E-state index in [4.69, 9.17) is 0 Å². The van der Waals surface area contributed by atoms with Crippen molar-refractivity contribution in [3.05, 3.63) is 46.2 Å². The van der Waals surface area contributed by atoms with Crippen LogP contribution in [0.4, 0.5) is 4.39 Å². The Labute approximate surface area is 131 Å². The van der Waals surface area contributed by atoms with Gasteiger partial charge in [0.2, 0.25) is 0 Å². The van der Waals surface area contributed by atoms with E-state index in [0.717, 1.165) is 12.7 Å². The van der Waals surface area contributed by atoms with Crippen molar-refractivity contribution in [1.29, 1.82) is 0 Å². The zero-order valence-corrected chi connectivity index (χ0v) is 13.8. The molecule has 2 heterocycles. The van der Waals surface area contributed by atoms with Gasteiger partial charge in [-0.3, -0.25) is 9.67 Å². The van der Waals surface area contributed by atoms with Crippen LogP contribution >= 0.6 is 15.9 Å². The molecule has 0 saturated carbocycles. The van der Waals surface area contributed by atoms with Crippen molar-refractivity contribution >= 4 is 15.9 Å². The molecular formula is C14H18BrFN4O. The summed E-state index contributed by atoms with van der Waals surface area (Å²) in [5.74, 6) is -0.483. The number of hydrogen-bond donors (Lipinski definition) is 1. The normalized spacial score (nSPS) is 14.4. The fourth-order valence-electron chi connectivity index (χ4n) is 2.13. The summed E-state index contributed by atoms with van der Waals surface area (Å²) in [7, 11) is 3.93. The van der Waals surface area contributed by atoms with Crippen molar-refractivity contribution in [2.75, 3.05) is 20.6 Å². The van der Waals surface area contributed by atoms with Gasteiger partial charge in [0.15, 0.2) is 0 Å². The summed E-state index contributed by atoms with van der Waals surface area (Å²) in [6.07, 6.45) is 4.20. The van der Waals surface area contributed by atoms with Gasteiger partial charge in [-0.2, -0.15) is 5.10 Å². The first-order chi connectivity index (χ1) is 9.82. The molecule has 1 N–H and O–H groups in total. The number of rotatable bonds is 5. The van der Waals surface area contributed by atoms with E-state index in [1.54, 1.807) is 17.8 Å². The van der Waals surface area contributed by atoms with E-state index in [1.165, 1.54) is 12.3 Å². The molecule has 2 aromatic heterocycles. The number of aromatic nitrogens is 3. The summed E-state index contributed by atoms with van der Waals surface area (Å²) >= 11 is 3.40. The molecule has 0 aliphatic heterocycles. The maximum Gasteiger partial charge on any atom is 0.141 e. The van der Waals surface area contributed by atoms with Gasteiger partial charge in [0.1, 0.15) is 11.4 Å². The van der Waals surface area contributed by atoms with Gasteiger partial charge in [-0.05, 0) is 43.0 Å². The molecule has 114 valence electrons. The fraction of sp³-hybridized carbons (Fsp3) is 0.429. The van der Waals surface area contributed by atoms with Gasteiger partial charge >= 0.3 is 0 Å². The van der Waals surface area contributed by atoms with E-state index in [1.807, 2.05) is 19.0 Å². The van der Waals surface area contributed by atoms with Crippen LogP contribution in [0.1, 0.15) is 18.2 Å². The highest BCUT2D eigenvalue weighted by Gasteiger charge is 2.32. The Morgan fingerprint density at radius 3 is 2.71 bits per heavy atom. The molecule has 2 aromatic rings. The lowest BCUT2D eigenvalue weighted by molar-refractivity contribution is 0.0893. The number of aliphatic hydroxyl groups is 1. The van der Waals surface area contributed by atoms with Crippen LogP contribution in [0.15, 0.2) is 29.1 Å². The molecule has 1 atom stereocenters. The Bertz CT molecular complexity index is 627. The van der Waals surface area contributed by atoms with Crippen molar-refractivity contribution in [2.45, 2.75) is 19.1 Å². The highest BCUT2D eigenvalue weighted by atomic mass is 79.9. The average Bonchev–Trinajstić information content (AvgIpc) is 2.78. The zero-order valence-electron chi connectivity index (χ0n) is 12.2. The Morgan fingerprint density at radius 2 is 2.10 bits per heavy atom. The molecule has 2 rings (SSSR count). The highest BCUT2D eigenvalue weighted by Crippen LogP contribution is 2.33. The topological polar surface area (TPSA) is 54.2 Å². The van der Waals surface area contributed by atoms with Crippen LogP contribution in [0.5, 0.6) is 0 Å². The molecule has 0 aliphatic rings. The number of nitrogens with zero attached hydrogens (tertiary/aromatic N) is 4. The fourth-order valence-corrected chi connectivity index (χ4v) is 2.81. The second-order valence-electron chi connectivity index (χ2n) is 5.33. The van der Waals surface area contributed by atoms with E-state index in [2.05, 4.69) is 26.0 Å². The van der Waals surface area contributed by atoms with Gasteiger partial charge in [0.25, 0.3) is 0 Å².